The molecule has 1 saturated heterocycles. The number of carbonyl (C=O) groups excluding carboxylic acids is 2. The van der Waals surface area contributed by atoms with Gasteiger partial charge in [0.05, 0.1) is 23.7 Å². The Labute approximate surface area is 210 Å². The smallest absolute Gasteiger partial charge is 0.320 e. The third-order valence-corrected chi connectivity index (χ3v) is 8.63. The molecule has 0 radical (unpaired) electrons. The number of rotatable bonds is 6. The van der Waals surface area contributed by atoms with Gasteiger partial charge in [-0.3, -0.25) is 14.5 Å². The summed E-state index contributed by atoms with van der Waals surface area (Å²) in [6, 6.07) is 0. The maximum absolute atomic E-state index is 13.8. The molecule has 0 spiro atoms. The Balaban J connectivity index is 0.00000408. The fourth-order valence-electron chi connectivity index (χ4n) is 6.40. The molecule has 3 aliphatic rings. The molecule has 2 N–H and O–H groups in total. The molecule has 0 aromatic heterocycles. The number of halogens is 1. The predicted molar refractivity (Wildman–Crippen MR) is 133 cm³/mol. The second kappa shape index (κ2) is 9.32. The molecular formula is C26H42ClNO6. The lowest BCUT2D eigenvalue weighted by molar-refractivity contribution is -0.305. The Morgan fingerprint density at radius 1 is 1.26 bits per heavy atom. The molecule has 8 heteroatoms. The number of esters is 1. The Hall–Kier alpha value is -1.25. The maximum atomic E-state index is 13.8. The summed E-state index contributed by atoms with van der Waals surface area (Å²) in [7, 11) is 0. The van der Waals surface area contributed by atoms with Crippen LogP contribution in [0.4, 0.5) is 0 Å². The number of likely N-dealkylation sites (N-methyl/N-ethyl adjacent to an activating group) is 1. The zero-order valence-electron chi connectivity index (χ0n) is 21.6. The van der Waals surface area contributed by atoms with Gasteiger partial charge in [-0.1, -0.05) is 39.3 Å². The van der Waals surface area contributed by atoms with Crippen molar-refractivity contribution in [2.75, 3.05) is 19.6 Å². The van der Waals surface area contributed by atoms with Gasteiger partial charge in [0.2, 0.25) is 0 Å². The summed E-state index contributed by atoms with van der Waals surface area (Å²) >= 11 is 0. The van der Waals surface area contributed by atoms with E-state index in [1.165, 1.54) is 0 Å². The monoisotopic (exact) mass is 499 g/mol. The maximum Gasteiger partial charge on any atom is 0.320 e. The quantitative estimate of drug-likeness (QED) is 0.428. The van der Waals surface area contributed by atoms with Crippen molar-refractivity contribution in [1.82, 2.24) is 4.90 Å². The minimum atomic E-state index is -2.09. The van der Waals surface area contributed by atoms with Gasteiger partial charge < -0.3 is 19.7 Å². The molecule has 6 atom stereocenters. The van der Waals surface area contributed by atoms with Crippen molar-refractivity contribution in [3.63, 3.8) is 0 Å². The summed E-state index contributed by atoms with van der Waals surface area (Å²) in [4.78, 5) is 28.7. The van der Waals surface area contributed by atoms with Gasteiger partial charge in [-0.2, -0.15) is 0 Å². The number of ketones is 1. The van der Waals surface area contributed by atoms with Crippen LogP contribution in [0.5, 0.6) is 0 Å². The summed E-state index contributed by atoms with van der Waals surface area (Å²) < 4.78 is 12.4. The number of Topliss-reactive ketones (excluding diaryl/α,β-unsaturated/α-hetero) is 1. The number of fused-ring (bicyclic) bond motifs is 3. The van der Waals surface area contributed by atoms with E-state index in [-0.39, 0.29) is 25.4 Å². The van der Waals surface area contributed by atoms with E-state index in [2.05, 4.69) is 6.58 Å². The van der Waals surface area contributed by atoms with Gasteiger partial charge in [-0.15, -0.1) is 19.0 Å². The standard InChI is InChI=1S/C26H41NO6.ClH/c1-9-23(6)15-19(29)26(31)24(7)17(22(4,5)13-12-18(24)28)14-20(25(26,8)33-23)32-21(30)16-27(10-2)11-3;/h9,14,18,20,28,31H,1,10-13,15-16H2,2-8H3;1H/t18-,20-,23-,24+,25+,26-;/m0./s1. The first-order valence-corrected chi connectivity index (χ1v) is 12.1. The molecule has 7 nitrogen and oxygen atoms in total. The summed E-state index contributed by atoms with van der Waals surface area (Å²) in [5, 5.41) is 23.6. The van der Waals surface area contributed by atoms with Crippen molar-refractivity contribution in [2.24, 2.45) is 10.8 Å². The van der Waals surface area contributed by atoms with E-state index in [4.69, 9.17) is 9.47 Å². The number of nitrogens with zero attached hydrogens (tertiary/aromatic N) is 1. The lowest BCUT2D eigenvalue weighted by atomic mass is 9.44. The van der Waals surface area contributed by atoms with Gasteiger partial charge in [0.25, 0.3) is 0 Å². The van der Waals surface area contributed by atoms with E-state index in [0.717, 1.165) is 5.57 Å². The van der Waals surface area contributed by atoms with Crippen LogP contribution in [-0.2, 0) is 19.1 Å². The lowest BCUT2D eigenvalue weighted by Gasteiger charge is -2.66. The van der Waals surface area contributed by atoms with E-state index >= 15 is 0 Å². The van der Waals surface area contributed by atoms with Crippen LogP contribution in [0.25, 0.3) is 0 Å². The number of carbonyl (C=O) groups is 2. The van der Waals surface area contributed by atoms with Gasteiger partial charge >= 0.3 is 5.97 Å². The van der Waals surface area contributed by atoms with Crippen molar-refractivity contribution in [2.45, 2.75) is 96.7 Å². The molecule has 194 valence electrons. The van der Waals surface area contributed by atoms with Gasteiger partial charge in [-0.25, -0.2) is 0 Å². The SMILES string of the molecule is C=C[C@@]1(C)CC(=O)[C@@]2(O)[C@](C)(O1)[C@@H](OC(=O)CN(CC)CC)C=C1C(C)(C)CC[C@H](O)[C@@]12C.Cl. The summed E-state index contributed by atoms with van der Waals surface area (Å²) in [6.07, 6.45) is 2.45. The van der Waals surface area contributed by atoms with Gasteiger partial charge in [0.15, 0.2) is 17.5 Å². The lowest BCUT2D eigenvalue weighted by Crippen LogP contribution is -2.81. The highest BCUT2D eigenvalue weighted by atomic mass is 35.5. The number of ether oxygens (including phenoxy) is 2. The fourth-order valence-corrected chi connectivity index (χ4v) is 6.40. The van der Waals surface area contributed by atoms with Crippen LogP contribution in [0.15, 0.2) is 24.3 Å². The molecule has 1 heterocycles. The largest absolute Gasteiger partial charge is 0.454 e. The Bertz CT molecular complexity index is 869. The van der Waals surface area contributed by atoms with Gasteiger partial charge in [0.1, 0.15) is 5.60 Å². The molecule has 34 heavy (non-hydrogen) atoms. The molecule has 0 unspecified atom stereocenters. The van der Waals surface area contributed by atoms with Gasteiger partial charge in [0, 0.05) is 6.42 Å². The van der Waals surface area contributed by atoms with E-state index < -0.39 is 51.6 Å². The Morgan fingerprint density at radius 3 is 2.38 bits per heavy atom. The average molecular weight is 500 g/mol. The van der Waals surface area contributed by atoms with Crippen molar-refractivity contribution in [1.29, 1.82) is 0 Å². The van der Waals surface area contributed by atoms with Crippen molar-refractivity contribution in [3.05, 3.63) is 24.3 Å². The molecule has 0 aromatic rings. The van der Waals surface area contributed by atoms with Crippen LogP contribution in [0, 0.1) is 10.8 Å². The molecule has 2 aliphatic carbocycles. The summed E-state index contributed by atoms with van der Waals surface area (Å²) in [5.41, 5.74) is -5.72. The third kappa shape index (κ3) is 3.97. The molecule has 1 saturated carbocycles. The van der Waals surface area contributed by atoms with Crippen molar-refractivity contribution < 1.29 is 29.3 Å². The normalized spacial score (nSPS) is 41.0. The molecule has 0 amide bonds. The van der Waals surface area contributed by atoms with Crippen LogP contribution < -0.4 is 0 Å². The topological polar surface area (TPSA) is 96.3 Å². The molecule has 1 aliphatic heterocycles. The van der Waals surface area contributed by atoms with Crippen LogP contribution in [-0.4, -0.2) is 75.5 Å². The third-order valence-electron chi connectivity index (χ3n) is 8.63. The van der Waals surface area contributed by atoms with E-state index in [0.29, 0.717) is 25.9 Å². The van der Waals surface area contributed by atoms with E-state index in [1.807, 2.05) is 38.7 Å². The number of aliphatic hydroxyl groups excluding tert-OH is 1. The molecular weight excluding hydrogens is 458 g/mol. The molecule has 0 aromatic carbocycles. The predicted octanol–water partition coefficient (Wildman–Crippen LogP) is 3.21. The van der Waals surface area contributed by atoms with E-state index in [9.17, 15) is 19.8 Å². The van der Waals surface area contributed by atoms with Crippen LogP contribution in [0.3, 0.4) is 0 Å². The molecule has 3 rings (SSSR count). The number of hydrogen-bond acceptors (Lipinski definition) is 7. The van der Waals surface area contributed by atoms with Crippen molar-refractivity contribution >= 4 is 24.2 Å². The van der Waals surface area contributed by atoms with Gasteiger partial charge in [-0.05, 0) is 58.2 Å². The Morgan fingerprint density at radius 2 is 1.85 bits per heavy atom. The molecule has 0 bridgehead atoms. The minimum absolute atomic E-state index is 0. The second-order valence-electron chi connectivity index (χ2n) is 11.1. The first-order chi connectivity index (χ1) is 15.1. The van der Waals surface area contributed by atoms with Crippen molar-refractivity contribution in [3.8, 4) is 0 Å². The zero-order valence-corrected chi connectivity index (χ0v) is 22.5. The average Bonchev–Trinajstić information content (AvgIpc) is 2.74. The first kappa shape index (κ1) is 29.0. The number of aliphatic hydroxyl groups is 2. The summed E-state index contributed by atoms with van der Waals surface area (Å²) in [6.45, 7) is 18.4. The molecule has 2 fully saturated rings. The number of hydrogen-bond donors (Lipinski definition) is 2. The highest BCUT2D eigenvalue weighted by Gasteiger charge is 2.76. The van der Waals surface area contributed by atoms with Crippen LogP contribution in [0.1, 0.15) is 67.7 Å². The Kier molecular flexibility index (Phi) is 7.95. The van der Waals surface area contributed by atoms with Crippen LogP contribution in [0.2, 0.25) is 0 Å². The van der Waals surface area contributed by atoms with E-state index in [1.54, 1.807) is 26.8 Å². The summed E-state index contributed by atoms with van der Waals surface area (Å²) in [5.74, 6) is -0.892. The highest BCUT2D eigenvalue weighted by molar-refractivity contribution is 5.93. The fraction of sp³-hybridized carbons (Fsp3) is 0.769. The zero-order chi connectivity index (χ0) is 25.0. The minimum Gasteiger partial charge on any atom is -0.454 e. The second-order valence-corrected chi connectivity index (χ2v) is 11.1. The van der Waals surface area contributed by atoms with Crippen LogP contribution >= 0.6 is 12.4 Å². The first-order valence-electron chi connectivity index (χ1n) is 12.1. The highest BCUT2D eigenvalue weighted by Crippen LogP contribution is 2.64.